The van der Waals surface area contributed by atoms with Crippen LogP contribution in [0.1, 0.15) is 93.0 Å². The predicted octanol–water partition coefficient (Wildman–Crippen LogP) is 12.0. The van der Waals surface area contributed by atoms with E-state index < -0.39 is 0 Å². The second-order valence-electron chi connectivity index (χ2n) is 12.3. The van der Waals surface area contributed by atoms with Crippen LogP contribution in [0.4, 0.5) is 4.39 Å². The zero-order chi connectivity index (χ0) is 30.2. The van der Waals surface area contributed by atoms with Gasteiger partial charge in [0.25, 0.3) is 0 Å². The highest BCUT2D eigenvalue weighted by molar-refractivity contribution is 6.04. The van der Waals surface area contributed by atoms with Crippen molar-refractivity contribution >= 4 is 11.1 Å². The maximum atomic E-state index is 13.7. The second kappa shape index (κ2) is 11.9. The lowest BCUT2D eigenvalue weighted by atomic mass is 9.90. The van der Waals surface area contributed by atoms with Gasteiger partial charge in [-0.1, -0.05) is 93.8 Å². The lowest BCUT2D eigenvalue weighted by Crippen LogP contribution is -1.98. The van der Waals surface area contributed by atoms with Gasteiger partial charge >= 0.3 is 0 Å². The number of benzene rings is 4. The smallest absolute Gasteiger partial charge is 0.123 e. The maximum absolute atomic E-state index is 13.7. The van der Waals surface area contributed by atoms with Crippen molar-refractivity contribution in [2.45, 2.75) is 65.2 Å². The molecule has 4 aromatic rings. The molecule has 0 saturated heterocycles. The summed E-state index contributed by atoms with van der Waals surface area (Å²) in [5, 5.41) is 0. The minimum Gasteiger partial charge on any atom is -0.207 e. The Morgan fingerprint density at radius 2 is 1.50 bits per heavy atom. The van der Waals surface area contributed by atoms with Crippen molar-refractivity contribution in [2.75, 3.05) is 0 Å². The van der Waals surface area contributed by atoms with Crippen LogP contribution in [0.5, 0.6) is 0 Å². The molecule has 2 unspecified atom stereocenters. The molecule has 0 nitrogen and oxygen atoms in total. The fourth-order valence-electron chi connectivity index (χ4n) is 7.28. The molecule has 0 radical (unpaired) electrons. The Hall–Kier alpha value is -4.41. The molecular weight excluding hydrogens is 535 g/mol. The van der Waals surface area contributed by atoms with Crippen molar-refractivity contribution in [2.24, 2.45) is 5.92 Å². The van der Waals surface area contributed by atoms with E-state index in [0.717, 1.165) is 36.8 Å². The van der Waals surface area contributed by atoms with E-state index in [2.05, 4.69) is 105 Å². The number of allylic oxidation sites excluding steroid dienone is 5. The summed E-state index contributed by atoms with van der Waals surface area (Å²) in [5.41, 5.74) is 16.6. The molecule has 3 aliphatic carbocycles. The first kappa shape index (κ1) is 28.4. The molecule has 7 rings (SSSR count). The largest absolute Gasteiger partial charge is 0.207 e. The third-order valence-corrected chi connectivity index (χ3v) is 9.56. The van der Waals surface area contributed by atoms with E-state index in [1.165, 1.54) is 86.2 Å². The fraction of sp³-hybridized carbons (Fsp3) is 0.256. The molecule has 0 aromatic heterocycles. The van der Waals surface area contributed by atoms with Gasteiger partial charge in [0.05, 0.1) is 5.92 Å². The van der Waals surface area contributed by atoms with Crippen molar-refractivity contribution in [3.8, 4) is 45.2 Å². The van der Waals surface area contributed by atoms with E-state index in [1.807, 2.05) is 12.1 Å². The van der Waals surface area contributed by atoms with Crippen molar-refractivity contribution < 1.29 is 4.39 Å². The average Bonchev–Trinajstić information content (AvgIpc) is 3.53. The number of fused-ring (bicyclic) bond motifs is 6. The molecular formula is C43H39F. The van der Waals surface area contributed by atoms with Crippen molar-refractivity contribution in [3.63, 3.8) is 0 Å². The monoisotopic (exact) mass is 574 g/mol. The molecule has 218 valence electrons. The summed E-state index contributed by atoms with van der Waals surface area (Å²) >= 11 is 0. The third-order valence-electron chi connectivity index (χ3n) is 9.56. The Morgan fingerprint density at radius 3 is 2.25 bits per heavy atom. The minimum atomic E-state index is -0.212. The Labute approximate surface area is 262 Å². The standard InChI is InChI=1S/C43H39F/c1-4-7-14-34-38-24-32(30-15-19-33(44)20-16-30)18-21-35(38)41-26-42-36-22-17-31(29-12-9-8-10-13-29)25-39(36)37(43(42)27-40(34)41)23-28(6-3)11-5-2/h9,12-13,15-28,34H,4-6,8,10-11H2,1-3H3. The van der Waals surface area contributed by atoms with Crippen LogP contribution in [0.25, 0.3) is 44.5 Å². The number of halogens is 1. The maximum Gasteiger partial charge on any atom is 0.123 e. The molecule has 3 aliphatic rings. The number of rotatable bonds is 6. The summed E-state index contributed by atoms with van der Waals surface area (Å²) < 4.78 is 13.7. The normalized spacial score (nSPS) is 17.3. The molecule has 0 amide bonds. The summed E-state index contributed by atoms with van der Waals surface area (Å²) in [6.45, 7) is 6.72. The molecule has 0 spiro atoms. The van der Waals surface area contributed by atoms with Crippen molar-refractivity contribution in [1.29, 1.82) is 0 Å². The van der Waals surface area contributed by atoms with Crippen LogP contribution >= 0.6 is 0 Å². The zero-order valence-corrected chi connectivity index (χ0v) is 26.0. The van der Waals surface area contributed by atoms with E-state index in [4.69, 9.17) is 0 Å². The van der Waals surface area contributed by atoms with Gasteiger partial charge < -0.3 is 0 Å². The quantitative estimate of drug-likeness (QED) is 0.177. The van der Waals surface area contributed by atoms with Gasteiger partial charge in [0, 0.05) is 6.42 Å². The van der Waals surface area contributed by atoms with E-state index in [1.54, 1.807) is 0 Å². The van der Waals surface area contributed by atoms with Crippen LogP contribution < -0.4 is 0 Å². The van der Waals surface area contributed by atoms with Crippen LogP contribution in [0.15, 0.2) is 97.1 Å². The van der Waals surface area contributed by atoms with Crippen LogP contribution in [-0.4, -0.2) is 0 Å². The Bertz CT molecular complexity index is 1900. The molecule has 0 fully saturated rings. The molecule has 2 atom stereocenters. The molecule has 0 saturated carbocycles. The highest BCUT2D eigenvalue weighted by Gasteiger charge is 2.33. The zero-order valence-electron chi connectivity index (χ0n) is 26.0. The lowest BCUT2D eigenvalue weighted by molar-refractivity contribution is 0.564. The van der Waals surface area contributed by atoms with Crippen LogP contribution in [-0.2, 0) is 0 Å². The SMILES string of the molecule is CCC#CC1c2cc(-c3ccc(F)cc3)ccc2-c2cc3c(cc21)C(=CC(CC)CCC)c1cc(C2=CCCC=C2)ccc1-3. The second-order valence-corrected chi connectivity index (χ2v) is 12.3. The molecule has 44 heavy (non-hydrogen) atoms. The van der Waals surface area contributed by atoms with Gasteiger partial charge in [0.2, 0.25) is 0 Å². The summed E-state index contributed by atoms with van der Waals surface area (Å²) in [4.78, 5) is 0. The Kier molecular flexibility index (Phi) is 7.69. The molecule has 4 aromatic carbocycles. The summed E-state index contributed by atoms with van der Waals surface area (Å²) in [5.74, 6) is 7.40. The first-order valence-corrected chi connectivity index (χ1v) is 16.4. The van der Waals surface area contributed by atoms with Crippen LogP contribution in [0.2, 0.25) is 0 Å². The summed E-state index contributed by atoms with van der Waals surface area (Å²) in [6, 6.07) is 25.5. The third kappa shape index (κ3) is 4.97. The van der Waals surface area contributed by atoms with Crippen LogP contribution in [0, 0.1) is 23.6 Å². The molecule has 0 heterocycles. The van der Waals surface area contributed by atoms with Gasteiger partial charge in [0.1, 0.15) is 5.82 Å². The van der Waals surface area contributed by atoms with Gasteiger partial charge in [0.15, 0.2) is 0 Å². The topological polar surface area (TPSA) is 0 Å². The van der Waals surface area contributed by atoms with E-state index in [9.17, 15) is 4.39 Å². The number of hydrogen-bond acceptors (Lipinski definition) is 0. The first-order valence-electron chi connectivity index (χ1n) is 16.4. The Balaban J connectivity index is 1.41. The average molecular weight is 575 g/mol. The molecule has 0 aliphatic heterocycles. The van der Waals surface area contributed by atoms with E-state index >= 15 is 0 Å². The van der Waals surface area contributed by atoms with Gasteiger partial charge in [-0.2, -0.15) is 0 Å². The predicted molar refractivity (Wildman–Crippen MR) is 185 cm³/mol. The number of hydrogen-bond donors (Lipinski definition) is 0. The van der Waals surface area contributed by atoms with Crippen molar-refractivity contribution in [1.82, 2.24) is 0 Å². The fourth-order valence-corrected chi connectivity index (χ4v) is 7.28. The van der Waals surface area contributed by atoms with E-state index in [0.29, 0.717) is 5.92 Å². The van der Waals surface area contributed by atoms with Crippen molar-refractivity contribution in [3.05, 3.63) is 131 Å². The highest BCUT2D eigenvalue weighted by atomic mass is 19.1. The first-order chi connectivity index (χ1) is 21.6. The molecule has 1 heteroatoms. The lowest BCUT2D eigenvalue weighted by Gasteiger charge is -2.14. The van der Waals surface area contributed by atoms with E-state index in [-0.39, 0.29) is 11.7 Å². The summed E-state index contributed by atoms with van der Waals surface area (Å²) in [6.07, 6.45) is 16.1. The Morgan fingerprint density at radius 1 is 0.750 bits per heavy atom. The molecule has 0 N–H and O–H groups in total. The molecule has 0 bridgehead atoms. The minimum absolute atomic E-state index is 0.0151. The highest BCUT2D eigenvalue weighted by Crippen LogP contribution is 2.53. The van der Waals surface area contributed by atoms with Crippen LogP contribution in [0.3, 0.4) is 0 Å². The summed E-state index contributed by atoms with van der Waals surface area (Å²) in [7, 11) is 0. The van der Waals surface area contributed by atoms with Gasteiger partial charge in [-0.05, 0) is 140 Å². The van der Waals surface area contributed by atoms with Gasteiger partial charge in [-0.25, -0.2) is 4.39 Å². The van der Waals surface area contributed by atoms with Gasteiger partial charge in [-0.15, -0.1) is 5.92 Å². The van der Waals surface area contributed by atoms with Gasteiger partial charge in [-0.3, -0.25) is 0 Å².